The predicted molar refractivity (Wildman–Crippen MR) is 105 cm³/mol. The fourth-order valence-electron chi connectivity index (χ4n) is 2.17. The van der Waals surface area contributed by atoms with Gasteiger partial charge in [0.05, 0.1) is 26.1 Å². The number of nitrogens with zero attached hydrogens (tertiary/aromatic N) is 2. The standard InChI is InChI=1S/C19H22N4O4/c1-23(2)14-7-5-13(6-8-14)12-20-22-19(25)18(24)21-16-11-15(26-3)9-10-17(16)27-4/h5-12H,1-4H3,(H,21,24)(H,22,25)/b20-12-. The van der Waals surface area contributed by atoms with Gasteiger partial charge in [-0.15, -0.1) is 0 Å². The topological polar surface area (TPSA) is 92.3 Å². The summed E-state index contributed by atoms with van der Waals surface area (Å²) in [6.07, 6.45) is 1.46. The smallest absolute Gasteiger partial charge is 0.329 e. The van der Waals surface area contributed by atoms with Crippen molar-refractivity contribution in [2.24, 2.45) is 5.10 Å². The summed E-state index contributed by atoms with van der Waals surface area (Å²) < 4.78 is 10.3. The molecule has 0 bridgehead atoms. The highest BCUT2D eigenvalue weighted by Gasteiger charge is 2.16. The molecular weight excluding hydrogens is 348 g/mol. The summed E-state index contributed by atoms with van der Waals surface area (Å²) in [5.41, 5.74) is 4.34. The third kappa shape index (κ3) is 5.46. The van der Waals surface area contributed by atoms with E-state index in [-0.39, 0.29) is 0 Å². The summed E-state index contributed by atoms with van der Waals surface area (Å²) in [6, 6.07) is 12.4. The fourth-order valence-corrected chi connectivity index (χ4v) is 2.17. The van der Waals surface area contributed by atoms with E-state index in [0.29, 0.717) is 17.2 Å². The van der Waals surface area contributed by atoms with Crippen molar-refractivity contribution in [1.29, 1.82) is 0 Å². The highest BCUT2D eigenvalue weighted by Crippen LogP contribution is 2.28. The van der Waals surface area contributed by atoms with Gasteiger partial charge >= 0.3 is 11.8 Å². The molecule has 0 aliphatic carbocycles. The molecule has 8 heteroatoms. The first-order chi connectivity index (χ1) is 12.9. The summed E-state index contributed by atoms with van der Waals surface area (Å²) in [5.74, 6) is -0.852. The van der Waals surface area contributed by atoms with Gasteiger partial charge in [0.1, 0.15) is 11.5 Å². The normalized spacial score (nSPS) is 10.4. The van der Waals surface area contributed by atoms with Crippen molar-refractivity contribution < 1.29 is 19.1 Å². The number of carbonyl (C=O) groups excluding carboxylic acids is 2. The second kappa shape index (κ2) is 9.23. The van der Waals surface area contributed by atoms with Crippen molar-refractivity contribution in [2.45, 2.75) is 0 Å². The lowest BCUT2D eigenvalue weighted by atomic mass is 10.2. The van der Waals surface area contributed by atoms with Crippen LogP contribution < -0.4 is 25.1 Å². The van der Waals surface area contributed by atoms with Crippen LogP contribution in [0.2, 0.25) is 0 Å². The van der Waals surface area contributed by atoms with E-state index < -0.39 is 11.8 Å². The van der Waals surface area contributed by atoms with Crippen LogP contribution in [-0.2, 0) is 9.59 Å². The molecule has 0 saturated heterocycles. The van der Waals surface area contributed by atoms with E-state index in [2.05, 4.69) is 15.8 Å². The Morgan fingerprint density at radius 2 is 1.70 bits per heavy atom. The maximum atomic E-state index is 12.0. The molecule has 142 valence electrons. The Balaban J connectivity index is 1.96. The van der Waals surface area contributed by atoms with Gasteiger partial charge in [0.25, 0.3) is 0 Å². The number of hydrogen-bond acceptors (Lipinski definition) is 6. The van der Waals surface area contributed by atoms with E-state index in [1.165, 1.54) is 20.4 Å². The molecule has 8 nitrogen and oxygen atoms in total. The van der Waals surface area contributed by atoms with Crippen molar-refractivity contribution in [3.63, 3.8) is 0 Å². The molecule has 0 fully saturated rings. The molecule has 0 spiro atoms. The van der Waals surface area contributed by atoms with Crippen LogP contribution in [0.1, 0.15) is 5.56 Å². The number of nitrogens with one attached hydrogen (secondary N) is 2. The van der Waals surface area contributed by atoms with Crippen LogP contribution >= 0.6 is 0 Å². The van der Waals surface area contributed by atoms with Crippen LogP contribution in [0.25, 0.3) is 0 Å². The molecule has 0 saturated carbocycles. The number of benzene rings is 2. The van der Waals surface area contributed by atoms with E-state index >= 15 is 0 Å². The number of rotatable bonds is 6. The van der Waals surface area contributed by atoms with Crippen molar-refractivity contribution in [2.75, 3.05) is 38.5 Å². The highest BCUT2D eigenvalue weighted by molar-refractivity contribution is 6.39. The molecule has 0 aromatic heterocycles. The van der Waals surface area contributed by atoms with Crippen LogP contribution in [0.15, 0.2) is 47.6 Å². The van der Waals surface area contributed by atoms with Crippen molar-refractivity contribution >= 4 is 29.4 Å². The van der Waals surface area contributed by atoms with Crippen LogP contribution in [-0.4, -0.2) is 46.3 Å². The van der Waals surface area contributed by atoms with Crippen LogP contribution in [0, 0.1) is 0 Å². The Morgan fingerprint density at radius 3 is 2.30 bits per heavy atom. The molecule has 0 radical (unpaired) electrons. The zero-order chi connectivity index (χ0) is 19.8. The summed E-state index contributed by atoms with van der Waals surface area (Å²) in [4.78, 5) is 25.9. The number of hydrazone groups is 1. The summed E-state index contributed by atoms with van der Waals surface area (Å²) in [5, 5.41) is 6.27. The van der Waals surface area contributed by atoms with E-state index in [9.17, 15) is 9.59 Å². The minimum absolute atomic E-state index is 0.320. The van der Waals surface area contributed by atoms with Gasteiger partial charge in [-0.25, -0.2) is 5.43 Å². The Morgan fingerprint density at radius 1 is 1.00 bits per heavy atom. The zero-order valence-corrected chi connectivity index (χ0v) is 15.6. The van der Waals surface area contributed by atoms with Gasteiger partial charge < -0.3 is 19.7 Å². The number of carbonyl (C=O) groups is 2. The molecule has 27 heavy (non-hydrogen) atoms. The van der Waals surface area contributed by atoms with Gasteiger partial charge in [0.15, 0.2) is 0 Å². The van der Waals surface area contributed by atoms with Gasteiger partial charge in [-0.05, 0) is 29.8 Å². The summed E-state index contributed by atoms with van der Waals surface area (Å²) in [7, 11) is 6.85. The monoisotopic (exact) mass is 370 g/mol. The van der Waals surface area contributed by atoms with Gasteiger partial charge in [0, 0.05) is 25.8 Å². The highest BCUT2D eigenvalue weighted by atomic mass is 16.5. The molecule has 0 heterocycles. The van der Waals surface area contributed by atoms with Gasteiger partial charge in [0.2, 0.25) is 0 Å². The second-order valence-electron chi connectivity index (χ2n) is 5.71. The van der Waals surface area contributed by atoms with E-state index in [4.69, 9.17) is 9.47 Å². The molecular formula is C19H22N4O4. The lowest BCUT2D eigenvalue weighted by Crippen LogP contribution is -2.32. The molecule has 2 amide bonds. The zero-order valence-electron chi connectivity index (χ0n) is 15.6. The number of methoxy groups -OCH3 is 2. The number of ether oxygens (including phenoxy) is 2. The van der Waals surface area contributed by atoms with Crippen LogP contribution in [0.4, 0.5) is 11.4 Å². The van der Waals surface area contributed by atoms with Gasteiger partial charge in [-0.3, -0.25) is 9.59 Å². The van der Waals surface area contributed by atoms with E-state index in [0.717, 1.165) is 11.3 Å². The second-order valence-corrected chi connectivity index (χ2v) is 5.71. The predicted octanol–water partition coefficient (Wildman–Crippen LogP) is 1.86. The largest absolute Gasteiger partial charge is 0.497 e. The molecule has 2 rings (SSSR count). The third-order valence-electron chi connectivity index (χ3n) is 3.65. The summed E-state index contributed by atoms with van der Waals surface area (Å²) in [6.45, 7) is 0. The fraction of sp³-hybridized carbons (Fsp3) is 0.211. The maximum absolute atomic E-state index is 12.0. The maximum Gasteiger partial charge on any atom is 0.329 e. The Labute approximate surface area is 157 Å². The molecule has 0 unspecified atom stereocenters. The van der Waals surface area contributed by atoms with Gasteiger partial charge in [-0.1, -0.05) is 12.1 Å². The number of hydrogen-bond donors (Lipinski definition) is 2. The molecule has 0 atom stereocenters. The quantitative estimate of drug-likeness (QED) is 0.460. The average Bonchev–Trinajstić information content (AvgIpc) is 2.68. The first-order valence-corrected chi connectivity index (χ1v) is 8.08. The van der Waals surface area contributed by atoms with E-state index in [1.54, 1.807) is 18.2 Å². The average molecular weight is 370 g/mol. The Hall–Kier alpha value is -3.55. The summed E-state index contributed by atoms with van der Waals surface area (Å²) >= 11 is 0. The first kappa shape index (κ1) is 19.8. The van der Waals surface area contributed by atoms with Crippen molar-refractivity contribution in [3.05, 3.63) is 48.0 Å². The number of amides is 2. The number of anilines is 2. The molecule has 0 aliphatic heterocycles. The SMILES string of the molecule is COc1ccc(OC)c(NC(=O)C(=O)N/N=C\c2ccc(N(C)C)cc2)c1. The molecule has 2 aromatic rings. The minimum Gasteiger partial charge on any atom is -0.497 e. The third-order valence-corrected chi connectivity index (χ3v) is 3.65. The Kier molecular flexibility index (Phi) is 6.76. The Bertz CT molecular complexity index is 832. The molecule has 2 aromatic carbocycles. The van der Waals surface area contributed by atoms with Crippen molar-refractivity contribution in [1.82, 2.24) is 5.43 Å². The lowest BCUT2D eigenvalue weighted by molar-refractivity contribution is -0.136. The first-order valence-electron chi connectivity index (χ1n) is 8.08. The molecule has 2 N–H and O–H groups in total. The molecule has 0 aliphatic rings. The van der Waals surface area contributed by atoms with Crippen LogP contribution in [0.3, 0.4) is 0 Å². The van der Waals surface area contributed by atoms with E-state index in [1.807, 2.05) is 43.3 Å². The van der Waals surface area contributed by atoms with Crippen LogP contribution in [0.5, 0.6) is 11.5 Å². The van der Waals surface area contributed by atoms with Gasteiger partial charge in [-0.2, -0.15) is 5.10 Å². The van der Waals surface area contributed by atoms with Crippen molar-refractivity contribution in [3.8, 4) is 11.5 Å². The minimum atomic E-state index is -0.902. The lowest BCUT2D eigenvalue weighted by Gasteiger charge is -2.11.